The lowest BCUT2D eigenvalue weighted by atomic mass is 10.1. The van der Waals surface area contributed by atoms with Gasteiger partial charge in [0.15, 0.2) is 5.96 Å². The predicted octanol–water partition coefficient (Wildman–Crippen LogP) is 2.92. The zero-order valence-electron chi connectivity index (χ0n) is 13.5. The largest absolute Gasteiger partial charge is 0.356 e. The Bertz CT molecular complexity index is 619. The predicted molar refractivity (Wildman–Crippen MR) is 94.6 cm³/mol. The summed E-state index contributed by atoms with van der Waals surface area (Å²) in [6.45, 7) is 5.85. The Morgan fingerprint density at radius 1 is 1.32 bits per heavy atom. The number of benzene rings is 1. The van der Waals surface area contributed by atoms with Gasteiger partial charge in [0.05, 0.1) is 10.7 Å². The molecule has 4 nitrogen and oxygen atoms in total. The second-order valence-corrected chi connectivity index (χ2v) is 6.12. The van der Waals surface area contributed by atoms with E-state index in [2.05, 4.69) is 64.1 Å². The number of aryl methyl sites for hydroxylation is 2. The topological polar surface area (TPSA) is 49.3 Å². The van der Waals surface area contributed by atoms with Crippen LogP contribution in [0.1, 0.15) is 28.8 Å². The van der Waals surface area contributed by atoms with Crippen molar-refractivity contribution in [2.24, 2.45) is 4.99 Å². The van der Waals surface area contributed by atoms with Crippen LogP contribution in [0, 0.1) is 6.92 Å². The Hall–Kier alpha value is -1.88. The van der Waals surface area contributed by atoms with Crippen molar-refractivity contribution in [2.45, 2.75) is 33.2 Å². The Morgan fingerprint density at radius 2 is 2.18 bits per heavy atom. The SMILES string of the molecule is CCc1nc(CCNC(=NC)NCc2cccc(C)c2)cs1. The number of hydrogen-bond donors (Lipinski definition) is 2. The molecular formula is C17H24N4S. The molecule has 0 fully saturated rings. The lowest BCUT2D eigenvalue weighted by molar-refractivity contribution is 0.784. The van der Waals surface area contributed by atoms with Gasteiger partial charge >= 0.3 is 0 Å². The van der Waals surface area contributed by atoms with Crippen molar-refractivity contribution in [2.75, 3.05) is 13.6 Å². The van der Waals surface area contributed by atoms with Crippen molar-refractivity contribution >= 4 is 17.3 Å². The highest BCUT2D eigenvalue weighted by molar-refractivity contribution is 7.09. The van der Waals surface area contributed by atoms with Crippen molar-refractivity contribution in [3.63, 3.8) is 0 Å². The summed E-state index contributed by atoms with van der Waals surface area (Å²) >= 11 is 1.74. The first-order chi connectivity index (χ1) is 10.7. The third kappa shape index (κ3) is 5.15. The summed E-state index contributed by atoms with van der Waals surface area (Å²) in [6, 6.07) is 8.49. The van der Waals surface area contributed by atoms with Gasteiger partial charge < -0.3 is 10.6 Å². The molecule has 2 aromatic rings. The molecule has 1 heterocycles. The van der Waals surface area contributed by atoms with Gasteiger partial charge in [0.25, 0.3) is 0 Å². The van der Waals surface area contributed by atoms with Crippen LogP contribution in [0.2, 0.25) is 0 Å². The van der Waals surface area contributed by atoms with Gasteiger partial charge in [-0.2, -0.15) is 0 Å². The van der Waals surface area contributed by atoms with Gasteiger partial charge in [-0.25, -0.2) is 4.98 Å². The summed E-state index contributed by atoms with van der Waals surface area (Å²) in [5.41, 5.74) is 3.69. The number of thiazole rings is 1. The van der Waals surface area contributed by atoms with Crippen LogP contribution in [-0.4, -0.2) is 24.5 Å². The van der Waals surface area contributed by atoms with E-state index in [1.54, 1.807) is 18.4 Å². The maximum Gasteiger partial charge on any atom is 0.191 e. The van der Waals surface area contributed by atoms with Crippen molar-refractivity contribution in [1.82, 2.24) is 15.6 Å². The van der Waals surface area contributed by atoms with Gasteiger partial charge in [0, 0.05) is 31.9 Å². The minimum Gasteiger partial charge on any atom is -0.356 e. The third-order valence-electron chi connectivity index (χ3n) is 3.34. The highest BCUT2D eigenvalue weighted by Gasteiger charge is 2.02. The quantitative estimate of drug-likeness (QED) is 0.636. The number of rotatable bonds is 6. The first-order valence-corrected chi connectivity index (χ1v) is 8.52. The standard InChI is InChI=1S/C17H24N4S/c1-4-16-21-15(12-22-16)8-9-19-17(18-3)20-11-14-7-5-6-13(2)10-14/h5-7,10,12H,4,8-9,11H2,1-3H3,(H2,18,19,20). The molecular weight excluding hydrogens is 292 g/mol. The van der Waals surface area contributed by atoms with Gasteiger partial charge in [0.1, 0.15) is 0 Å². The third-order valence-corrected chi connectivity index (χ3v) is 4.38. The minimum absolute atomic E-state index is 0.776. The summed E-state index contributed by atoms with van der Waals surface area (Å²) in [5, 5.41) is 10.0. The fourth-order valence-electron chi connectivity index (χ4n) is 2.16. The van der Waals surface area contributed by atoms with Crippen LogP contribution in [0.4, 0.5) is 0 Å². The minimum atomic E-state index is 0.776. The maximum atomic E-state index is 4.57. The highest BCUT2D eigenvalue weighted by atomic mass is 32.1. The second kappa shape index (κ2) is 8.54. The smallest absolute Gasteiger partial charge is 0.191 e. The van der Waals surface area contributed by atoms with Crippen LogP contribution in [0.15, 0.2) is 34.6 Å². The van der Waals surface area contributed by atoms with Crippen molar-refractivity contribution in [3.05, 3.63) is 51.5 Å². The van der Waals surface area contributed by atoms with E-state index in [1.807, 2.05) is 0 Å². The summed E-state index contributed by atoms with van der Waals surface area (Å²) in [7, 11) is 1.80. The van der Waals surface area contributed by atoms with Gasteiger partial charge in [-0.1, -0.05) is 36.8 Å². The molecule has 0 unspecified atom stereocenters. The second-order valence-electron chi connectivity index (χ2n) is 5.18. The zero-order valence-corrected chi connectivity index (χ0v) is 14.3. The van der Waals surface area contributed by atoms with E-state index < -0.39 is 0 Å². The van der Waals surface area contributed by atoms with E-state index in [1.165, 1.54) is 16.1 Å². The summed E-state index contributed by atoms with van der Waals surface area (Å²) in [6.07, 6.45) is 1.93. The average Bonchev–Trinajstić information content (AvgIpc) is 2.98. The molecule has 1 aromatic carbocycles. The van der Waals surface area contributed by atoms with E-state index >= 15 is 0 Å². The first-order valence-electron chi connectivity index (χ1n) is 7.64. The molecule has 0 radical (unpaired) electrons. The van der Waals surface area contributed by atoms with Crippen LogP contribution < -0.4 is 10.6 Å². The molecule has 0 aliphatic heterocycles. The van der Waals surface area contributed by atoms with Crippen molar-refractivity contribution in [1.29, 1.82) is 0 Å². The van der Waals surface area contributed by atoms with Gasteiger partial charge in [-0.3, -0.25) is 4.99 Å². The molecule has 0 saturated carbocycles. The van der Waals surface area contributed by atoms with Crippen molar-refractivity contribution in [3.8, 4) is 0 Å². The number of aliphatic imine (C=N–C) groups is 1. The molecule has 1 aromatic heterocycles. The molecule has 118 valence electrons. The van der Waals surface area contributed by atoms with Crippen LogP contribution in [0.25, 0.3) is 0 Å². The lowest BCUT2D eigenvalue weighted by Crippen LogP contribution is -2.37. The molecule has 0 saturated heterocycles. The summed E-state index contributed by atoms with van der Waals surface area (Å²) in [5.74, 6) is 0.826. The Morgan fingerprint density at radius 3 is 2.86 bits per heavy atom. The molecule has 0 aliphatic rings. The number of nitrogens with one attached hydrogen (secondary N) is 2. The maximum absolute atomic E-state index is 4.57. The molecule has 0 spiro atoms. The van der Waals surface area contributed by atoms with Crippen LogP contribution in [0.3, 0.4) is 0 Å². The molecule has 2 rings (SSSR count). The normalized spacial score (nSPS) is 11.5. The van der Waals surface area contributed by atoms with Gasteiger partial charge in [-0.05, 0) is 18.9 Å². The Balaban J connectivity index is 1.75. The Labute approximate surface area is 136 Å². The fourth-order valence-corrected chi connectivity index (χ4v) is 2.94. The van der Waals surface area contributed by atoms with E-state index in [4.69, 9.17) is 0 Å². The van der Waals surface area contributed by atoms with Crippen LogP contribution in [0.5, 0.6) is 0 Å². The molecule has 0 bridgehead atoms. The number of aromatic nitrogens is 1. The lowest BCUT2D eigenvalue weighted by Gasteiger charge is -2.11. The molecule has 0 aliphatic carbocycles. The van der Waals surface area contributed by atoms with E-state index in [-0.39, 0.29) is 0 Å². The van der Waals surface area contributed by atoms with Crippen molar-refractivity contribution < 1.29 is 0 Å². The summed E-state index contributed by atoms with van der Waals surface area (Å²) in [4.78, 5) is 8.83. The van der Waals surface area contributed by atoms with Crippen LogP contribution >= 0.6 is 11.3 Å². The molecule has 2 N–H and O–H groups in total. The molecule has 22 heavy (non-hydrogen) atoms. The van der Waals surface area contributed by atoms with E-state index in [9.17, 15) is 0 Å². The number of hydrogen-bond acceptors (Lipinski definition) is 3. The molecule has 0 atom stereocenters. The zero-order chi connectivity index (χ0) is 15.8. The highest BCUT2D eigenvalue weighted by Crippen LogP contribution is 2.10. The first kappa shape index (κ1) is 16.5. The number of guanidine groups is 1. The summed E-state index contributed by atoms with van der Waals surface area (Å²) < 4.78 is 0. The monoisotopic (exact) mass is 316 g/mol. The Kier molecular flexibility index (Phi) is 6.40. The van der Waals surface area contributed by atoms with E-state index in [0.717, 1.165) is 37.6 Å². The van der Waals surface area contributed by atoms with Gasteiger partial charge in [-0.15, -0.1) is 11.3 Å². The number of nitrogens with zero attached hydrogens (tertiary/aromatic N) is 2. The fraction of sp³-hybridized carbons (Fsp3) is 0.412. The van der Waals surface area contributed by atoms with Crippen LogP contribution in [-0.2, 0) is 19.4 Å². The van der Waals surface area contributed by atoms with E-state index in [0.29, 0.717) is 0 Å². The average molecular weight is 316 g/mol. The molecule has 5 heteroatoms. The van der Waals surface area contributed by atoms with Gasteiger partial charge in [0.2, 0.25) is 0 Å². The molecule has 0 amide bonds.